The molecule has 1 aromatic carbocycles. The number of aryl methyl sites for hydroxylation is 1. The number of nitrogens with zero attached hydrogens (tertiary/aromatic N) is 3. The van der Waals surface area contributed by atoms with Crippen LogP contribution in [0.4, 0.5) is 11.5 Å². The molecule has 1 heterocycles. The van der Waals surface area contributed by atoms with Crippen molar-refractivity contribution in [2.45, 2.75) is 25.3 Å². The van der Waals surface area contributed by atoms with Crippen LogP contribution in [0.15, 0.2) is 30.3 Å². The van der Waals surface area contributed by atoms with E-state index in [-0.39, 0.29) is 0 Å². The number of hydrogen-bond acceptors (Lipinski definition) is 3. The summed E-state index contributed by atoms with van der Waals surface area (Å²) in [6, 6.07) is 10.8. The highest BCUT2D eigenvalue weighted by Crippen LogP contribution is 2.39. The van der Waals surface area contributed by atoms with Crippen molar-refractivity contribution in [1.82, 2.24) is 9.78 Å². The lowest BCUT2D eigenvalue weighted by atomic mass is 10.2. The summed E-state index contributed by atoms with van der Waals surface area (Å²) in [4.78, 5) is 2.11. The minimum absolute atomic E-state index is 0.705. The van der Waals surface area contributed by atoms with Crippen LogP contribution >= 0.6 is 0 Å². The first-order valence-electron chi connectivity index (χ1n) is 7.17. The van der Waals surface area contributed by atoms with E-state index in [0.717, 1.165) is 12.4 Å². The standard InChI is InChI=1S/C16H22N4/c1-19(2)14-8-4-12(5-9-14)11-17-16-10-15(13-6-7-13)18-20(16)3/h4-5,8-10,13,17H,6-7,11H2,1-3H3. The minimum Gasteiger partial charge on any atom is -0.378 e. The van der Waals surface area contributed by atoms with Crippen molar-refractivity contribution in [2.24, 2.45) is 7.05 Å². The molecule has 0 spiro atoms. The minimum atomic E-state index is 0.705. The molecule has 1 aliphatic rings. The fourth-order valence-electron chi connectivity index (χ4n) is 2.34. The van der Waals surface area contributed by atoms with Crippen molar-refractivity contribution in [3.8, 4) is 0 Å². The average molecular weight is 270 g/mol. The van der Waals surface area contributed by atoms with Crippen LogP contribution in [0, 0.1) is 0 Å². The van der Waals surface area contributed by atoms with Gasteiger partial charge in [0.1, 0.15) is 5.82 Å². The molecule has 1 saturated carbocycles. The topological polar surface area (TPSA) is 33.1 Å². The van der Waals surface area contributed by atoms with Gasteiger partial charge < -0.3 is 10.2 Å². The molecule has 0 saturated heterocycles. The van der Waals surface area contributed by atoms with Gasteiger partial charge in [0.2, 0.25) is 0 Å². The Hall–Kier alpha value is -1.97. The highest BCUT2D eigenvalue weighted by Gasteiger charge is 2.26. The molecule has 3 rings (SSSR count). The van der Waals surface area contributed by atoms with Crippen LogP contribution < -0.4 is 10.2 Å². The molecule has 0 unspecified atom stereocenters. The number of benzene rings is 1. The highest BCUT2D eigenvalue weighted by atomic mass is 15.3. The van der Waals surface area contributed by atoms with E-state index < -0.39 is 0 Å². The molecule has 1 N–H and O–H groups in total. The summed E-state index contributed by atoms with van der Waals surface area (Å²) in [7, 11) is 6.12. The Balaban J connectivity index is 1.63. The summed E-state index contributed by atoms with van der Waals surface area (Å²) >= 11 is 0. The quantitative estimate of drug-likeness (QED) is 0.906. The molecule has 4 heteroatoms. The Kier molecular flexibility index (Phi) is 3.38. The molecule has 1 fully saturated rings. The lowest BCUT2D eigenvalue weighted by molar-refractivity contribution is 0.745. The molecule has 1 aliphatic carbocycles. The van der Waals surface area contributed by atoms with Gasteiger partial charge in [-0.15, -0.1) is 0 Å². The molecular formula is C16H22N4. The molecule has 0 radical (unpaired) electrons. The fraction of sp³-hybridized carbons (Fsp3) is 0.438. The maximum atomic E-state index is 4.57. The number of hydrogen-bond donors (Lipinski definition) is 1. The van der Waals surface area contributed by atoms with Crippen molar-refractivity contribution in [3.05, 3.63) is 41.6 Å². The molecule has 20 heavy (non-hydrogen) atoms. The summed E-state index contributed by atoms with van der Waals surface area (Å²) < 4.78 is 1.95. The lowest BCUT2D eigenvalue weighted by Gasteiger charge is -2.13. The summed E-state index contributed by atoms with van der Waals surface area (Å²) in [5.41, 5.74) is 3.74. The predicted octanol–water partition coefficient (Wildman–Crippen LogP) is 2.98. The monoisotopic (exact) mass is 270 g/mol. The van der Waals surface area contributed by atoms with Crippen LogP contribution in [-0.4, -0.2) is 23.9 Å². The molecule has 1 aromatic heterocycles. The van der Waals surface area contributed by atoms with Crippen LogP contribution in [0.3, 0.4) is 0 Å². The molecule has 0 aliphatic heterocycles. The van der Waals surface area contributed by atoms with Gasteiger partial charge in [0, 0.05) is 45.4 Å². The van der Waals surface area contributed by atoms with Gasteiger partial charge in [0.25, 0.3) is 0 Å². The Morgan fingerprint density at radius 3 is 2.55 bits per heavy atom. The summed E-state index contributed by atoms with van der Waals surface area (Å²) in [6.45, 7) is 0.831. The van der Waals surface area contributed by atoms with Crippen molar-refractivity contribution in [2.75, 3.05) is 24.3 Å². The third kappa shape index (κ3) is 2.79. The zero-order valence-corrected chi connectivity index (χ0v) is 12.4. The van der Waals surface area contributed by atoms with E-state index in [2.05, 4.69) is 59.7 Å². The maximum Gasteiger partial charge on any atom is 0.124 e. The van der Waals surface area contributed by atoms with Crippen LogP contribution in [0.5, 0.6) is 0 Å². The summed E-state index contributed by atoms with van der Waals surface area (Å²) in [5.74, 6) is 1.81. The van der Waals surface area contributed by atoms with E-state index in [1.807, 2.05) is 11.7 Å². The third-order valence-electron chi connectivity index (χ3n) is 3.82. The first-order valence-corrected chi connectivity index (χ1v) is 7.17. The molecule has 106 valence electrons. The molecule has 0 bridgehead atoms. The number of rotatable bonds is 5. The van der Waals surface area contributed by atoms with E-state index in [0.29, 0.717) is 5.92 Å². The summed E-state index contributed by atoms with van der Waals surface area (Å²) in [6.07, 6.45) is 2.59. The highest BCUT2D eigenvalue weighted by molar-refractivity contribution is 5.47. The predicted molar refractivity (Wildman–Crippen MR) is 83.3 cm³/mol. The Labute approximate surface area is 120 Å². The second-order valence-corrected chi connectivity index (χ2v) is 5.77. The zero-order chi connectivity index (χ0) is 14.1. The maximum absolute atomic E-state index is 4.57. The Bertz CT molecular complexity index is 579. The van der Waals surface area contributed by atoms with Crippen LogP contribution in [0.2, 0.25) is 0 Å². The van der Waals surface area contributed by atoms with Gasteiger partial charge in [-0.3, -0.25) is 4.68 Å². The van der Waals surface area contributed by atoms with Crippen molar-refractivity contribution in [3.63, 3.8) is 0 Å². The van der Waals surface area contributed by atoms with E-state index in [1.165, 1.54) is 29.8 Å². The SMILES string of the molecule is CN(C)c1ccc(CNc2cc(C3CC3)nn2C)cc1. The fourth-order valence-corrected chi connectivity index (χ4v) is 2.34. The van der Waals surface area contributed by atoms with Gasteiger partial charge in [-0.25, -0.2) is 0 Å². The Morgan fingerprint density at radius 2 is 1.95 bits per heavy atom. The normalized spacial score (nSPS) is 14.3. The van der Waals surface area contributed by atoms with Crippen LogP contribution in [-0.2, 0) is 13.6 Å². The van der Waals surface area contributed by atoms with E-state index in [4.69, 9.17) is 0 Å². The lowest BCUT2D eigenvalue weighted by Crippen LogP contribution is -2.09. The Morgan fingerprint density at radius 1 is 1.25 bits per heavy atom. The number of anilines is 2. The van der Waals surface area contributed by atoms with E-state index in [1.54, 1.807) is 0 Å². The average Bonchev–Trinajstić information content (AvgIpc) is 3.21. The van der Waals surface area contributed by atoms with E-state index >= 15 is 0 Å². The van der Waals surface area contributed by atoms with Crippen molar-refractivity contribution < 1.29 is 0 Å². The third-order valence-corrected chi connectivity index (χ3v) is 3.82. The number of nitrogens with one attached hydrogen (secondary N) is 1. The molecule has 0 atom stereocenters. The smallest absolute Gasteiger partial charge is 0.124 e. The second kappa shape index (κ2) is 5.19. The number of aromatic nitrogens is 2. The summed E-state index contributed by atoms with van der Waals surface area (Å²) in [5, 5.41) is 8.04. The van der Waals surface area contributed by atoms with Gasteiger partial charge in [0.15, 0.2) is 0 Å². The van der Waals surface area contributed by atoms with Crippen molar-refractivity contribution >= 4 is 11.5 Å². The van der Waals surface area contributed by atoms with Gasteiger partial charge >= 0.3 is 0 Å². The van der Waals surface area contributed by atoms with Crippen molar-refractivity contribution in [1.29, 1.82) is 0 Å². The second-order valence-electron chi connectivity index (χ2n) is 5.77. The first-order chi connectivity index (χ1) is 9.63. The molecule has 4 nitrogen and oxygen atoms in total. The van der Waals surface area contributed by atoms with Crippen LogP contribution in [0.25, 0.3) is 0 Å². The van der Waals surface area contributed by atoms with Crippen LogP contribution in [0.1, 0.15) is 30.0 Å². The molecule has 0 amide bonds. The van der Waals surface area contributed by atoms with E-state index in [9.17, 15) is 0 Å². The molecule has 2 aromatic rings. The van der Waals surface area contributed by atoms with Gasteiger partial charge in [-0.2, -0.15) is 5.10 Å². The largest absolute Gasteiger partial charge is 0.378 e. The van der Waals surface area contributed by atoms with Gasteiger partial charge in [0.05, 0.1) is 5.69 Å². The van der Waals surface area contributed by atoms with Gasteiger partial charge in [-0.1, -0.05) is 12.1 Å². The molecular weight excluding hydrogens is 248 g/mol. The van der Waals surface area contributed by atoms with Gasteiger partial charge in [-0.05, 0) is 30.5 Å². The zero-order valence-electron chi connectivity index (χ0n) is 12.4. The first kappa shape index (κ1) is 13.0.